The third-order valence-electron chi connectivity index (χ3n) is 5.32. The molecule has 0 saturated carbocycles. The number of rotatable bonds is 5. The number of likely N-dealkylation sites (tertiary alicyclic amines) is 1. The Kier molecular flexibility index (Phi) is 12.5. The molecule has 3 rings (SSSR count). The maximum Gasteiger partial charge on any atom is 0.321 e. The molecule has 1 N–H and O–H groups in total. The number of hydrogen-bond donors (Lipinski definition) is 1. The van der Waals surface area contributed by atoms with E-state index in [0.717, 1.165) is 25.3 Å². The van der Waals surface area contributed by atoms with E-state index >= 15 is 0 Å². The van der Waals surface area contributed by atoms with Crippen molar-refractivity contribution >= 4 is 17.6 Å². The van der Waals surface area contributed by atoms with E-state index in [2.05, 4.69) is 10.3 Å². The van der Waals surface area contributed by atoms with Gasteiger partial charge in [0.2, 0.25) is 5.91 Å². The van der Waals surface area contributed by atoms with Crippen LogP contribution in [0, 0.1) is 11.6 Å². The van der Waals surface area contributed by atoms with E-state index in [1.165, 1.54) is 18.3 Å². The zero-order chi connectivity index (χ0) is 25.7. The number of piperidine rings is 1. The number of carbonyl (C=O) groups is 2. The smallest absolute Gasteiger partial charge is 0.321 e. The van der Waals surface area contributed by atoms with E-state index in [1.807, 2.05) is 11.8 Å². The van der Waals surface area contributed by atoms with Crippen molar-refractivity contribution in [1.29, 1.82) is 0 Å². The minimum atomic E-state index is -0.673. The topological polar surface area (TPSA) is 65.5 Å². The molecule has 0 radical (unpaired) electrons. The second-order valence-electron chi connectivity index (χ2n) is 7.49. The third-order valence-corrected chi connectivity index (χ3v) is 5.32. The molecule has 2 aromatic rings. The van der Waals surface area contributed by atoms with Gasteiger partial charge in [0.25, 0.3) is 0 Å². The van der Waals surface area contributed by atoms with Crippen LogP contribution in [-0.4, -0.2) is 52.9 Å². The zero-order valence-electron chi connectivity index (χ0n) is 18.7. The number of halogens is 6. The fourth-order valence-electron chi connectivity index (χ4n) is 3.59. The van der Waals surface area contributed by atoms with Gasteiger partial charge in [0.15, 0.2) is 0 Å². The lowest BCUT2D eigenvalue weighted by Crippen LogP contribution is -2.48. The molecule has 1 aromatic carbocycles. The van der Waals surface area contributed by atoms with E-state index in [0.29, 0.717) is 36.5 Å². The maximum absolute atomic E-state index is 13.4. The lowest BCUT2D eigenvalue weighted by molar-refractivity contribution is -0.132. The lowest BCUT2D eigenvalue weighted by Gasteiger charge is -2.36. The van der Waals surface area contributed by atoms with E-state index in [4.69, 9.17) is 18.3 Å². The second-order valence-corrected chi connectivity index (χ2v) is 7.49. The van der Waals surface area contributed by atoms with Crippen LogP contribution in [0.5, 0.6) is 0 Å². The summed E-state index contributed by atoms with van der Waals surface area (Å²) in [7, 11) is 1.74. The molecule has 1 aliphatic heterocycles. The summed E-state index contributed by atoms with van der Waals surface area (Å²) in [6.07, 6.45) is 4.33. The Morgan fingerprint density at radius 1 is 1.06 bits per heavy atom. The standard InChI is InChI=1S/C22H26F2N4O2.2F2/c1-3-4-21(29)28-9-7-19(8-10-28)27(2)22(30)26-18-5-6-20(25-14-18)15-11-16(23)13-17(24)12-15;2*1-2/h5-6,11-14,19H,3-4,7-10H2,1-2H3,(H,26,30);;. The lowest BCUT2D eigenvalue weighted by atomic mass is 10.0. The molecular weight excluding hydrogens is 466 g/mol. The van der Waals surface area contributed by atoms with Crippen molar-refractivity contribution in [3.05, 3.63) is 48.2 Å². The molecule has 0 atom stereocenters. The van der Waals surface area contributed by atoms with Gasteiger partial charge in [0.1, 0.15) is 11.6 Å². The molecular formula is C22H26F6N4O2. The molecule has 34 heavy (non-hydrogen) atoms. The number of nitrogens with zero attached hydrogens (tertiary/aromatic N) is 3. The van der Waals surface area contributed by atoms with Gasteiger partial charge >= 0.3 is 6.03 Å². The van der Waals surface area contributed by atoms with E-state index in [1.54, 1.807) is 24.1 Å². The molecule has 0 unspecified atom stereocenters. The van der Waals surface area contributed by atoms with Crippen LogP contribution in [0.1, 0.15) is 32.6 Å². The average molecular weight is 492 g/mol. The Morgan fingerprint density at radius 3 is 2.15 bits per heavy atom. The molecule has 0 aliphatic carbocycles. The highest BCUT2D eigenvalue weighted by Gasteiger charge is 2.27. The number of pyridine rings is 1. The number of nitrogens with one attached hydrogen (secondary N) is 1. The Balaban J connectivity index is 0.00000137. The van der Waals surface area contributed by atoms with Crippen LogP contribution in [0.4, 0.5) is 37.6 Å². The number of urea groups is 1. The van der Waals surface area contributed by atoms with Crippen molar-refractivity contribution in [2.45, 2.75) is 38.6 Å². The Labute approximate surface area is 193 Å². The summed E-state index contributed by atoms with van der Waals surface area (Å²) in [4.78, 5) is 32.3. The minimum Gasteiger partial charge on any atom is -0.343 e. The molecule has 12 heteroatoms. The first-order valence-corrected chi connectivity index (χ1v) is 10.4. The van der Waals surface area contributed by atoms with E-state index in [9.17, 15) is 18.4 Å². The van der Waals surface area contributed by atoms with Crippen LogP contribution < -0.4 is 5.32 Å². The number of anilines is 1. The van der Waals surface area contributed by atoms with Crippen molar-refractivity contribution in [3.8, 4) is 11.3 Å². The van der Waals surface area contributed by atoms with E-state index in [-0.39, 0.29) is 18.0 Å². The van der Waals surface area contributed by atoms with Crippen LogP contribution in [0.25, 0.3) is 11.3 Å². The number of aromatic nitrogens is 1. The predicted octanol–water partition coefficient (Wildman–Crippen LogP) is 5.96. The first-order chi connectivity index (χ1) is 16.4. The van der Waals surface area contributed by atoms with Crippen molar-refractivity contribution in [2.24, 2.45) is 0 Å². The quantitative estimate of drug-likeness (QED) is 0.524. The highest BCUT2D eigenvalue weighted by molar-refractivity contribution is 5.89. The molecule has 0 bridgehead atoms. The number of hydrogen-bond acceptors (Lipinski definition) is 3. The van der Waals surface area contributed by atoms with Crippen LogP contribution in [-0.2, 0) is 4.79 Å². The molecule has 3 amide bonds. The van der Waals surface area contributed by atoms with Gasteiger partial charge in [-0.2, -0.15) is 0 Å². The Bertz CT molecular complexity index is 889. The summed E-state index contributed by atoms with van der Waals surface area (Å²) in [5.41, 5.74) is 1.22. The monoisotopic (exact) mass is 492 g/mol. The molecule has 1 saturated heterocycles. The summed E-state index contributed by atoms with van der Waals surface area (Å²) in [6, 6.07) is 6.24. The minimum absolute atomic E-state index is 0.0539. The van der Waals surface area contributed by atoms with Gasteiger partial charge in [-0.25, -0.2) is 13.6 Å². The van der Waals surface area contributed by atoms with Crippen LogP contribution >= 0.6 is 0 Å². The largest absolute Gasteiger partial charge is 0.343 e. The maximum atomic E-state index is 13.4. The molecule has 1 aromatic heterocycles. The third kappa shape index (κ3) is 8.23. The summed E-state index contributed by atoms with van der Waals surface area (Å²) in [5, 5.41) is 2.79. The van der Waals surface area contributed by atoms with Gasteiger partial charge in [-0.15, -0.1) is 0 Å². The molecule has 188 valence electrons. The SMILES string of the molecule is CCCC(=O)N1CCC(N(C)C(=O)Nc2ccc(-c3cc(F)cc(F)c3)nc2)CC1.FF.FF. The Morgan fingerprint density at radius 2 is 1.65 bits per heavy atom. The first-order valence-electron chi connectivity index (χ1n) is 10.4. The van der Waals surface area contributed by atoms with Gasteiger partial charge in [0, 0.05) is 62.5 Å². The van der Waals surface area contributed by atoms with Gasteiger partial charge in [-0.3, -0.25) is 9.78 Å². The van der Waals surface area contributed by atoms with Gasteiger partial charge in [0.05, 0.1) is 17.6 Å². The summed E-state index contributed by atoms with van der Waals surface area (Å²) in [5.74, 6) is -1.17. The highest BCUT2D eigenvalue weighted by atomic mass is 20.0. The molecule has 1 aliphatic rings. The van der Waals surface area contributed by atoms with E-state index < -0.39 is 11.6 Å². The number of carbonyl (C=O) groups excluding carboxylic acids is 2. The average Bonchev–Trinajstić information content (AvgIpc) is 2.86. The highest BCUT2D eigenvalue weighted by Crippen LogP contribution is 2.22. The molecule has 2 heterocycles. The number of amides is 3. The molecule has 0 spiro atoms. The fourth-order valence-corrected chi connectivity index (χ4v) is 3.59. The number of benzene rings is 1. The first kappa shape index (κ1) is 28.7. The van der Waals surface area contributed by atoms with Crippen molar-refractivity contribution in [2.75, 3.05) is 25.5 Å². The van der Waals surface area contributed by atoms with Crippen LogP contribution in [0.15, 0.2) is 36.5 Å². The normalized spacial score (nSPS) is 13.1. The predicted molar refractivity (Wildman–Crippen MR) is 115 cm³/mol. The van der Waals surface area contributed by atoms with Crippen molar-refractivity contribution < 1.29 is 36.7 Å². The van der Waals surface area contributed by atoms with Gasteiger partial charge in [-0.1, -0.05) is 6.92 Å². The zero-order valence-corrected chi connectivity index (χ0v) is 18.7. The van der Waals surface area contributed by atoms with Crippen molar-refractivity contribution in [3.63, 3.8) is 0 Å². The fraction of sp³-hybridized carbons (Fsp3) is 0.409. The van der Waals surface area contributed by atoms with Crippen LogP contribution in [0.2, 0.25) is 0 Å². The second kappa shape index (κ2) is 14.8. The molecule has 1 fully saturated rings. The Hall–Kier alpha value is -3.31. The summed E-state index contributed by atoms with van der Waals surface area (Å²) < 4.78 is 58.8. The summed E-state index contributed by atoms with van der Waals surface area (Å²) >= 11 is 0. The van der Waals surface area contributed by atoms with Crippen molar-refractivity contribution in [1.82, 2.24) is 14.8 Å². The van der Waals surface area contributed by atoms with Gasteiger partial charge in [-0.05, 0) is 43.5 Å². The summed E-state index contributed by atoms with van der Waals surface area (Å²) in [6.45, 7) is 3.30. The van der Waals surface area contributed by atoms with Gasteiger partial charge < -0.3 is 15.1 Å². The molecule has 6 nitrogen and oxygen atoms in total. The van der Waals surface area contributed by atoms with Crippen LogP contribution in [0.3, 0.4) is 0 Å².